The summed E-state index contributed by atoms with van der Waals surface area (Å²) in [4.78, 5) is 23.1. The van der Waals surface area contributed by atoms with Crippen molar-refractivity contribution >= 4 is 11.8 Å². The van der Waals surface area contributed by atoms with Gasteiger partial charge in [0.15, 0.2) is 11.5 Å². The highest BCUT2D eigenvalue weighted by Crippen LogP contribution is 2.32. The van der Waals surface area contributed by atoms with E-state index < -0.39 is 0 Å². The first kappa shape index (κ1) is 15.2. The first-order valence-corrected chi connectivity index (χ1v) is 6.96. The van der Waals surface area contributed by atoms with E-state index >= 15 is 0 Å². The van der Waals surface area contributed by atoms with Gasteiger partial charge in [-0.2, -0.15) is 0 Å². The van der Waals surface area contributed by atoms with Gasteiger partial charge < -0.3 is 20.1 Å². The van der Waals surface area contributed by atoms with Crippen molar-refractivity contribution in [3.63, 3.8) is 0 Å². The van der Waals surface area contributed by atoms with E-state index in [1.54, 1.807) is 0 Å². The van der Waals surface area contributed by atoms with Crippen molar-refractivity contribution in [3.8, 4) is 11.5 Å². The Bertz CT molecular complexity index is 528. The van der Waals surface area contributed by atoms with Gasteiger partial charge in [0.1, 0.15) is 0 Å². The Labute approximate surface area is 123 Å². The van der Waals surface area contributed by atoms with Gasteiger partial charge in [-0.1, -0.05) is 19.9 Å². The average molecular weight is 292 g/mol. The summed E-state index contributed by atoms with van der Waals surface area (Å²) in [6, 6.07) is 5.51. The molecule has 0 saturated carbocycles. The molecule has 2 rings (SSSR count). The minimum absolute atomic E-state index is 0.00386. The van der Waals surface area contributed by atoms with Gasteiger partial charge in [0.25, 0.3) is 0 Å². The summed E-state index contributed by atoms with van der Waals surface area (Å²) in [6.07, 6.45) is 0.426. The van der Waals surface area contributed by atoms with Crippen molar-refractivity contribution < 1.29 is 19.1 Å². The van der Waals surface area contributed by atoms with Crippen LogP contribution in [-0.4, -0.2) is 25.2 Å². The number of fused-ring (bicyclic) bond motifs is 1. The molecule has 0 spiro atoms. The second-order valence-electron chi connectivity index (χ2n) is 5.34. The van der Waals surface area contributed by atoms with E-state index in [4.69, 9.17) is 9.47 Å². The Balaban J connectivity index is 1.73. The summed E-state index contributed by atoms with van der Waals surface area (Å²) in [6.45, 7) is 4.53. The fourth-order valence-corrected chi connectivity index (χ4v) is 1.94. The third-order valence-corrected chi connectivity index (χ3v) is 2.97. The largest absolute Gasteiger partial charge is 0.454 e. The normalized spacial score (nSPS) is 12.3. The molecular weight excluding hydrogens is 272 g/mol. The number of carbonyl (C=O) groups excluding carboxylic acids is 2. The van der Waals surface area contributed by atoms with E-state index in [-0.39, 0.29) is 31.1 Å². The number of carbonyl (C=O) groups is 2. The van der Waals surface area contributed by atoms with Crippen LogP contribution in [0.15, 0.2) is 18.2 Å². The van der Waals surface area contributed by atoms with Gasteiger partial charge in [0, 0.05) is 13.0 Å². The zero-order valence-electron chi connectivity index (χ0n) is 12.3. The van der Waals surface area contributed by atoms with E-state index in [2.05, 4.69) is 10.6 Å². The number of ether oxygens (including phenoxy) is 2. The van der Waals surface area contributed by atoms with Gasteiger partial charge in [0.05, 0.1) is 6.54 Å². The maximum atomic E-state index is 11.7. The number of hydrogen-bond acceptors (Lipinski definition) is 4. The molecule has 2 N–H and O–H groups in total. The van der Waals surface area contributed by atoms with Gasteiger partial charge in [-0.3, -0.25) is 9.59 Å². The standard InChI is InChI=1S/C15H20N2O4/c1-10(2)5-14(18)17-8-15(19)16-7-11-3-4-12-13(6-11)21-9-20-12/h3-4,6,10H,5,7-9H2,1-2H3,(H,16,19)(H,17,18). The van der Waals surface area contributed by atoms with E-state index in [1.807, 2.05) is 32.0 Å². The second-order valence-corrected chi connectivity index (χ2v) is 5.34. The van der Waals surface area contributed by atoms with E-state index in [0.29, 0.717) is 24.5 Å². The van der Waals surface area contributed by atoms with Crippen molar-refractivity contribution in [1.82, 2.24) is 10.6 Å². The van der Waals surface area contributed by atoms with Crippen LogP contribution in [-0.2, 0) is 16.1 Å². The number of benzene rings is 1. The summed E-state index contributed by atoms with van der Waals surface area (Å²) in [5.41, 5.74) is 0.918. The second kappa shape index (κ2) is 6.97. The Morgan fingerprint density at radius 3 is 2.67 bits per heavy atom. The summed E-state index contributed by atoms with van der Waals surface area (Å²) in [5, 5.41) is 5.34. The van der Waals surface area contributed by atoms with E-state index in [0.717, 1.165) is 5.56 Å². The fraction of sp³-hybridized carbons (Fsp3) is 0.467. The molecule has 1 heterocycles. The lowest BCUT2D eigenvalue weighted by atomic mass is 10.1. The summed E-state index contributed by atoms with van der Waals surface area (Å²) in [5.74, 6) is 1.35. The Hall–Kier alpha value is -2.24. The van der Waals surface area contributed by atoms with Crippen LogP contribution in [0.25, 0.3) is 0 Å². The van der Waals surface area contributed by atoms with Crippen LogP contribution in [0.1, 0.15) is 25.8 Å². The van der Waals surface area contributed by atoms with Gasteiger partial charge in [0.2, 0.25) is 18.6 Å². The first-order valence-electron chi connectivity index (χ1n) is 6.96. The molecule has 6 heteroatoms. The molecule has 21 heavy (non-hydrogen) atoms. The molecule has 1 aromatic carbocycles. The highest BCUT2D eigenvalue weighted by Gasteiger charge is 2.13. The van der Waals surface area contributed by atoms with Crippen LogP contribution >= 0.6 is 0 Å². The van der Waals surface area contributed by atoms with E-state index in [9.17, 15) is 9.59 Å². The molecule has 0 saturated heterocycles. The number of hydrogen-bond donors (Lipinski definition) is 2. The topological polar surface area (TPSA) is 76.7 Å². The minimum atomic E-state index is -0.218. The predicted octanol–water partition coefficient (Wildman–Crippen LogP) is 1.19. The van der Waals surface area contributed by atoms with Crippen molar-refractivity contribution in [2.75, 3.05) is 13.3 Å². The van der Waals surface area contributed by atoms with Crippen LogP contribution in [0.4, 0.5) is 0 Å². The monoisotopic (exact) mass is 292 g/mol. The number of nitrogens with one attached hydrogen (secondary N) is 2. The van der Waals surface area contributed by atoms with Crippen molar-refractivity contribution in [2.24, 2.45) is 5.92 Å². The molecule has 0 bridgehead atoms. The van der Waals surface area contributed by atoms with Crippen molar-refractivity contribution in [2.45, 2.75) is 26.8 Å². The molecule has 0 radical (unpaired) electrons. The van der Waals surface area contributed by atoms with Gasteiger partial charge in [-0.25, -0.2) is 0 Å². The Kier molecular flexibility index (Phi) is 5.03. The molecule has 0 aliphatic carbocycles. The first-order chi connectivity index (χ1) is 10.0. The van der Waals surface area contributed by atoms with Crippen LogP contribution in [0.2, 0.25) is 0 Å². The maximum absolute atomic E-state index is 11.7. The van der Waals surface area contributed by atoms with Gasteiger partial charge in [-0.15, -0.1) is 0 Å². The maximum Gasteiger partial charge on any atom is 0.239 e. The highest BCUT2D eigenvalue weighted by atomic mass is 16.7. The SMILES string of the molecule is CC(C)CC(=O)NCC(=O)NCc1ccc2c(c1)OCO2. The molecule has 114 valence electrons. The zero-order chi connectivity index (χ0) is 15.2. The Morgan fingerprint density at radius 2 is 1.90 bits per heavy atom. The predicted molar refractivity (Wildman–Crippen MR) is 76.9 cm³/mol. The third kappa shape index (κ3) is 4.66. The molecule has 0 atom stereocenters. The molecule has 0 aromatic heterocycles. The molecule has 1 aliphatic heterocycles. The molecule has 2 amide bonds. The summed E-state index contributed by atoms with van der Waals surface area (Å²) >= 11 is 0. The molecular formula is C15H20N2O4. The number of amides is 2. The molecule has 0 unspecified atom stereocenters. The van der Waals surface area contributed by atoms with Gasteiger partial charge in [-0.05, 0) is 23.6 Å². The van der Waals surface area contributed by atoms with Crippen molar-refractivity contribution in [3.05, 3.63) is 23.8 Å². The quantitative estimate of drug-likeness (QED) is 0.826. The molecule has 1 aromatic rings. The number of rotatable bonds is 6. The summed E-state index contributed by atoms with van der Waals surface area (Å²) < 4.78 is 10.5. The lowest BCUT2D eigenvalue weighted by Gasteiger charge is -2.08. The van der Waals surface area contributed by atoms with Crippen LogP contribution in [0.3, 0.4) is 0 Å². The highest BCUT2D eigenvalue weighted by molar-refractivity contribution is 5.84. The van der Waals surface area contributed by atoms with Gasteiger partial charge >= 0.3 is 0 Å². The van der Waals surface area contributed by atoms with E-state index in [1.165, 1.54) is 0 Å². The zero-order valence-corrected chi connectivity index (χ0v) is 12.3. The van der Waals surface area contributed by atoms with Crippen LogP contribution in [0, 0.1) is 5.92 Å². The van der Waals surface area contributed by atoms with Crippen LogP contribution < -0.4 is 20.1 Å². The lowest BCUT2D eigenvalue weighted by molar-refractivity contribution is -0.126. The smallest absolute Gasteiger partial charge is 0.239 e. The fourth-order valence-electron chi connectivity index (χ4n) is 1.94. The van der Waals surface area contributed by atoms with Crippen molar-refractivity contribution in [1.29, 1.82) is 0 Å². The molecule has 1 aliphatic rings. The lowest BCUT2D eigenvalue weighted by Crippen LogP contribution is -2.36. The molecule has 0 fully saturated rings. The molecule has 6 nitrogen and oxygen atoms in total. The minimum Gasteiger partial charge on any atom is -0.454 e. The average Bonchev–Trinajstić information content (AvgIpc) is 2.89. The third-order valence-electron chi connectivity index (χ3n) is 2.97. The van der Waals surface area contributed by atoms with Crippen LogP contribution in [0.5, 0.6) is 11.5 Å². The Morgan fingerprint density at radius 1 is 1.14 bits per heavy atom. The summed E-state index contributed by atoms with van der Waals surface area (Å²) in [7, 11) is 0.